The van der Waals surface area contributed by atoms with Gasteiger partial charge in [-0.25, -0.2) is 0 Å². The third-order valence-electron chi connectivity index (χ3n) is 9.00. The van der Waals surface area contributed by atoms with E-state index < -0.39 is 0 Å². The molecule has 0 N–H and O–H groups in total. The zero-order valence-electron chi connectivity index (χ0n) is 13.1. The summed E-state index contributed by atoms with van der Waals surface area (Å²) in [7, 11) is 0. The predicted molar refractivity (Wildman–Crippen MR) is 84.9 cm³/mol. The second kappa shape index (κ2) is 3.42. The van der Waals surface area contributed by atoms with Crippen molar-refractivity contribution in [2.45, 2.75) is 50.9 Å². The van der Waals surface area contributed by atoms with Crippen LogP contribution in [0.15, 0.2) is 30.3 Å². The van der Waals surface area contributed by atoms with Gasteiger partial charge in [-0.05, 0) is 90.4 Å². The average molecular weight is 278 g/mol. The van der Waals surface area contributed by atoms with Crippen LogP contribution in [-0.4, -0.2) is 0 Å². The van der Waals surface area contributed by atoms with Gasteiger partial charge < -0.3 is 0 Å². The number of rotatable bonds is 1. The minimum Gasteiger partial charge on any atom is -0.0622 e. The van der Waals surface area contributed by atoms with Gasteiger partial charge in [-0.3, -0.25) is 0 Å². The Morgan fingerprint density at radius 2 is 1.48 bits per heavy atom. The van der Waals surface area contributed by atoms with Crippen molar-refractivity contribution in [1.82, 2.24) is 0 Å². The second-order valence-corrected chi connectivity index (χ2v) is 9.51. The first-order valence-electron chi connectivity index (χ1n) is 9.25. The van der Waals surface area contributed by atoms with Crippen molar-refractivity contribution < 1.29 is 0 Å². The third-order valence-corrected chi connectivity index (χ3v) is 9.00. The highest BCUT2D eigenvalue weighted by molar-refractivity contribution is 5.33. The molecule has 7 aliphatic carbocycles. The Morgan fingerprint density at radius 1 is 0.810 bits per heavy atom. The number of hydrogen-bond donors (Lipinski definition) is 0. The van der Waals surface area contributed by atoms with Gasteiger partial charge >= 0.3 is 0 Å². The first kappa shape index (κ1) is 11.7. The van der Waals surface area contributed by atoms with E-state index >= 15 is 0 Å². The molecule has 7 saturated carbocycles. The monoisotopic (exact) mass is 278 g/mol. The zero-order valence-corrected chi connectivity index (χ0v) is 13.1. The molecule has 8 rings (SSSR count). The lowest BCUT2D eigenvalue weighted by Gasteiger charge is -2.76. The molecule has 21 heavy (non-hydrogen) atoms. The molecule has 0 spiro atoms. The summed E-state index contributed by atoms with van der Waals surface area (Å²) in [5.74, 6) is 6.54. The number of hydrogen-bond acceptors (Lipinski definition) is 0. The molecule has 8 bridgehead atoms. The summed E-state index contributed by atoms with van der Waals surface area (Å²) in [5, 5.41) is 0. The van der Waals surface area contributed by atoms with Gasteiger partial charge in [-0.15, -0.1) is 0 Å². The molecule has 4 unspecified atom stereocenters. The quantitative estimate of drug-likeness (QED) is 0.675. The standard InChI is InChI=1S/C21H26/c1-20-9-13-7-15-17-10-21(11-18(15)20,12-19(20)16(17)8-13)14-5-3-2-4-6-14/h2-6,13,15-19H,7-12H2,1H3. The molecule has 1 aromatic rings. The van der Waals surface area contributed by atoms with E-state index in [-0.39, 0.29) is 0 Å². The van der Waals surface area contributed by atoms with Gasteiger partial charge in [0.05, 0.1) is 0 Å². The Hall–Kier alpha value is -0.780. The van der Waals surface area contributed by atoms with Crippen LogP contribution in [0.1, 0.15) is 51.0 Å². The molecule has 0 heterocycles. The Labute approximate surface area is 128 Å². The molecule has 0 aromatic heterocycles. The maximum absolute atomic E-state index is 2.70. The molecular formula is C21H26. The molecule has 7 fully saturated rings. The predicted octanol–water partition coefficient (Wildman–Crippen LogP) is 5.04. The summed E-state index contributed by atoms with van der Waals surface area (Å²) >= 11 is 0. The third kappa shape index (κ3) is 1.19. The van der Waals surface area contributed by atoms with Gasteiger partial charge in [-0.2, -0.15) is 0 Å². The molecule has 4 atom stereocenters. The first-order valence-corrected chi connectivity index (χ1v) is 9.25. The highest BCUT2D eigenvalue weighted by atomic mass is 14.8. The van der Waals surface area contributed by atoms with Crippen LogP contribution in [0.4, 0.5) is 0 Å². The lowest BCUT2D eigenvalue weighted by Crippen LogP contribution is -2.70. The summed E-state index contributed by atoms with van der Waals surface area (Å²) in [6.07, 6.45) is 9.34. The van der Waals surface area contributed by atoms with Crippen LogP contribution in [0.25, 0.3) is 0 Å². The first-order chi connectivity index (χ1) is 10.2. The molecule has 0 saturated heterocycles. The summed E-state index contributed by atoms with van der Waals surface area (Å²) in [6.45, 7) is 2.70. The Morgan fingerprint density at radius 3 is 2.14 bits per heavy atom. The Kier molecular flexibility index (Phi) is 1.91. The molecule has 0 aliphatic heterocycles. The van der Waals surface area contributed by atoms with Crippen molar-refractivity contribution in [3.05, 3.63) is 35.9 Å². The van der Waals surface area contributed by atoms with Crippen molar-refractivity contribution in [3.8, 4) is 0 Å². The summed E-state index contributed by atoms with van der Waals surface area (Å²) in [4.78, 5) is 0. The van der Waals surface area contributed by atoms with Crippen molar-refractivity contribution >= 4 is 0 Å². The van der Waals surface area contributed by atoms with Crippen LogP contribution in [0, 0.1) is 40.9 Å². The van der Waals surface area contributed by atoms with E-state index in [0.717, 1.165) is 40.9 Å². The van der Waals surface area contributed by atoms with E-state index in [1.165, 1.54) is 19.3 Å². The lowest BCUT2D eigenvalue weighted by molar-refractivity contribution is -0.256. The topological polar surface area (TPSA) is 0 Å². The van der Waals surface area contributed by atoms with Crippen LogP contribution in [0.5, 0.6) is 0 Å². The van der Waals surface area contributed by atoms with Gasteiger partial charge in [0.1, 0.15) is 0 Å². The molecule has 0 radical (unpaired) electrons. The molecule has 7 aliphatic rings. The smallest absolute Gasteiger partial charge is 0.00383 e. The Balaban J connectivity index is 1.52. The van der Waals surface area contributed by atoms with Crippen LogP contribution < -0.4 is 0 Å². The van der Waals surface area contributed by atoms with E-state index in [2.05, 4.69) is 37.3 Å². The molecule has 0 nitrogen and oxygen atoms in total. The van der Waals surface area contributed by atoms with Crippen LogP contribution >= 0.6 is 0 Å². The maximum atomic E-state index is 2.70. The van der Waals surface area contributed by atoms with Crippen LogP contribution in [-0.2, 0) is 5.41 Å². The second-order valence-electron chi connectivity index (χ2n) is 9.51. The van der Waals surface area contributed by atoms with Gasteiger partial charge in [0, 0.05) is 0 Å². The van der Waals surface area contributed by atoms with Gasteiger partial charge in [0.25, 0.3) is 0 Å². The van der Waals surface area contributed by atoms with E-state index in [9.17, 15) is 0 Å². The molecule has 0 heteroatoms. The van der Waals surface area contributed by atoms with Gasteiger partial charge in [0.15, 0.2) is 0 Å². The van der Waals surface area contributed by atoms with E-state index in [0.29, 0.717) is 5.41 Å². The van der Waals surface area contributed by atoms with Crippen molar-refractivity contribution in [1.29, 1.82) is 0 Å². The molecular weight excluding hydrogens is 252 g/mol. The molecule has 0 amide bonds. The highest BCUT2D eigenvalue weighted by Gasteiger charge is 2.71. The van der Waals surface area contributed by atoms with Crippen molar-refractivity contribution in [2.75, 3.05) is 0 Å². The van der Waals surface area contributed by atoms with Crippen LogP contribution in [0.2, 0.25) is 0 Å². The minimum absolute atomic E-state index is 0.567. The fourth-order valence-electron chi connectivity index (χ4n) is 8.56. The summed E-state index contributed by atoms with van der Waals surface area (Å²) < 4.78 is 0. The van der Waals surface area contributed by atoms with E-state index in [4.69, 9.17) is 0 Å². The fourth-order valence-corrected chi connectivity index (χ4v) is 8.56. The van der Waals surface area contributed by atoms with Crippen molar-refractivity contribution in [2.24, 2.45) is 40.9 Å². The average Bonchev–Trinajstić information content (AvgIpc) is 2.53. The largest absolute Gasteiger partial charge is 0.0622 e. The maximum Gasteiger partial charge on any atom is -0.00383 e. The van der Waals surface area contributed by atoms with E-state index in [1.807, 2.05) is 0 Å². The highest BCUT2D eigenvalue weighted by Crippen LogP contribution is 2.78. The minimum atomic E-state index is 0.567. The Bertz CT molecular complexity index is 576. The summed E-state index contributed by atoms with van der Waals surface area (Å²) in [5.41, 5.74) is 2.98. The van der Waals surface area contributed by atoms with Crippen molar-refractivity contribution in [3.63, 3.8) is 0 Å². The van der Waals surface area contributed by atoms with E-state index in [1.54, 1.807) is 24.8 Å². The van der Waals surface area contributed by atoms with Gasteiger partial charge in [-0.1, -0.05) is 37.3 Å². The fraction of sp³-hybridized carbons (Fsp3) is 0.714. The molecule has 1 aromatic carbocycles. The van der Waals surface area contributed by atoms with Gasteiger partial charge in [0.2, 0.25) is 0 Å². The van der Waals surface area contributed by atoms with Crippen LogP contribution in [0.3, 0.4) is 0 Å². The zero-order chi connectivity index (χ0) is 13.8. The molecule has 110 valence electrons. The number of benzene rings is 1. The SMILES string of the molecule is CC12CC3CC4C5CC(c6ccccc6)(CC41)CC2C5C3. The normalized spacial score (nSPS) is 58.9. The summed E-state index contributed by atoms with van der Waals surface area (Å²) in [6, 6.07) is 11.6. The lowest BCUT2D eigenvalue weighted by atomic mass is 9.28.